The Hall–Kier alpha value is -0.480. The first kappa shape index (κ1) is 15.9. The van der Waals surface area contributed by atoms with E-state index in [-0.39, 0.29) is 11.6 Å². The van der Waals surface area contributed by atoms with Crippen LogP contribution in [0.2, 0.25) is 0 Å². The van der Waals surface area contributed by atoms with Crippen LogP contribution in [0.4, 0.5) is 8.78 Å². The number of benzene rings is 1. The van der Waals surface area contributed by atoms with E-state index in [0.29, 0.717) is 22.9 Å². The standard InChI is InChI=1S/C16H22BrF2N/c1-3-20-16(11-6-4-5-10(2)9-11)14-13(18)8-7-12(17)15(14)19/h7-8,10-11,16,20H,3-6,9H2,1-2H3. The summed E-state index contributed by atoms with van der Waals surface area (Å²) in [4.78, 5) is 0. The Balaban J connectivity index is 2.35. The topological polar surface area (TPSA) is 12.0 Å². The van der Waals surface area contributed by atoms with Crippen molar-refractivity contribution >= 4 is 15.9 Å². The van der Waals surface area contributed by atoms with Crippen molar-refractivity contribution in [3.05, 3.63) is 33.8 Å². The predicted octanol–water partition coefficient (Wildman–Crippen LogP) is 5.20. The Bertz CT molecular complexity index is 464. The van der Waals surface area contributed by atoms with Gasteiger partial charge in [-0.15, -0.1) is 0 Å². The van der Waals surface area contributed by atoms with E-state index in [0.717, 1.165) is 19.3 Å². The van der Waals surface area contributed by atoms with Crippen molar-refractivity contribution in [3.8, 4) is 0 Å². The molecule has 0 amide bonds. The summed E-state index contributed by atoms with van der Waals surface area (Å²) in [5.74, 6) is 0.0224. The van der Waals surface area contributed by atoms with Crippen LogP contribution in [0.3, 0.4) is 0 Å². The van der Waals surface area contributed by atoms with Gasteiger partial charge in [-0.3, -0.25) is 0 Å². The minimum atomic E-state index is -0.464. The second-order valence-corrected chi connectivity index (χ2v) is 6.68. The van der Waals surface area contributed by atoms with Gasteiger partial charge < -0.3 is 5.32 Å². The van der Waals surface area contributed by atoms with Crippen molar-refractivity contribution in [1.29, 1.82) is 0 Å². The maximum Gasteiger partial charge on any atom is 0.145 e. The van der Waals surface area contributed by atoms with Crippen LogP contribution in [0, 0.1) is 23.5 Å². The van der Waals surface area contributed by atoms with Crippen molar-refractivity contribution in [3.63, 3.8) is 0 Å². The molecular weight excluding hydrogens is 324 g/mol. The highest BCUT2D eigenvalue weighted by Gasteiger charge is 2.31. The second kappa shape index (κ2) is 6.99. The van der Waals surface area contributed by atoms with E-state index in [4.69, 9.17) is 0 Å². The van der Waals surface area contributed by atoms with Crippen molar-refractivity contribution in [1.82, 2.24) is 5.32 Å². The Morgan fingerprint density at radius 3 is 2.75 bits per heavy atom. The fourth-order valence-electron chi connectivity index (χ4n) is 3.34. The molecule has 0 heterocycles. The van der Waals surface area contributed by atoms with Crippen LogP contribution in [0.1, 0.15) is 51.1 Å². The lowest BCUT2D eigenvalue weighted by Crippen LogP contribution is -2.32. The lowest BCUT2D eigenvalue weighted by atomic mass is 9.76. The van der Waals surface area contributed by atoms with E-state index in [2.05, 4.69) is 28.2 Å². The van der Waals surface area contributed by atoms with Gasteiger partial charge in [-0.2, -0.15) is 0 Å². The molecule has 1 nitrogen and oxygen atoms in total. The average molecular weight is 346 g/mol. The third-order valence-corrected chi connectivity index (χ3v) is 4.88. The molecule has 1 aromatic carbocycles. The SMILES string of the molecule is CCNC(c1c(F)ccc(Br)c1F)C1CCCC(C)C1. The summed E-state index contributed by atoms with van der Waals surface area (Å²) in [6, 6.07) is 2.54. The lowest BCUT2D eigenvalue weighted by Gasteiger charge is -2.34. The molecule has 0 aromatic heterocycles. The van der Waals surface area contributed by atoms with E-state index in [1.54, 1.807) is 0 Å². The maximum atomic E-state index is 14.4. The fourth-order valence-corrected chi connectivity index (χ4v) is 3.68. The minimum Gasteiger partial charge on any atom is -0.310 e. The van der Waals surface area contributed by atoms with Crippen LogP contribution < -0.4 is 5.32 Å². The van der Waals surface area contributed by atoms with Crippen molar-refractivity contribution in [2.75, 3.05) is 6.54 Å². The quantitative estimate of drug-likeness (QED) is 0.739. The number of nitrogens with one attached hydrogen (secondary N) is 1. The third kappa shape index (κ3) is 3.40. The number of rotatable bonds is 4. The highest BCUT2D eigenvalue weighted by atomic mass is 79.9. The van der Waals surface area contributed by atoms with Crippen LogP contribution in [0.25, 0.3) is 0 Å². The van der Waals surface area contributed by atoms with Gasteiger partial charge in [-0.05, 0) is 59.3 Å². The van der Waals surface area contributed by atoms with Crippen molar-refractivity contribution < 1.29 is 8.78 Å². The Morgan fingerprint density at radius 2 is 2.10 bits per heavy atom. The van der Waals surface area contributed by atoms with Gasteiger partial charge >= 0.3 is 0 Å². The third-order valence-electron chi connectivity index (χ3n) is 4.26. The normalized spacial score (nSPS) is 24.6. The zero-order chi connectivity index (χ0) is 14.7. The summed E-state index contributed by atoms with van der Waals surface area (Å²) < 4.78 is 28.9. The van der Waals surface area contributed by atoms with E-state index < -0.39 is 11.6 Å². The number of hydrogen-bond acceptors (Lipinski definition) is 1. The molecule has 0 aliphatic heterocycles. The number of hydrogen-bond donors (Lipinski definition) is 1. The van der Waals surface area contributed by atoms with Gasteiger partial charge in [0, 0.05) is 11.6 Å². The predicted molar refractivity (Wildman–Crippen MR) is 81.6 cm³/mol. The Morgan fingerprint density at radius 1 is 1.35 bits per heavy atom. The molecule has 0 radical (unpaired) electrons. The number of halogens is 3. The molecule has 2 rings (SSSR count). The van der Waals surface area contributed by atoms with Gasteiger partial charge in [0.15, 0.2) is 0 Å². The fraction of sp³-hybridized carbons (Fsp3) is 0.625. The molecule has 0 bridgehead atoms. The monoisotopic (exact) mass is 345 g/mol. The van der Waals surface area contributed by atoms with Gasteiger partial charge in [-0.25, -0.2) is 8.78 Å². The van der Waals surface area contributed by atoms with Gasteiger partial charge in [0.05, 0.1) is 4.47 Å². The molecule has 1 aliphatic carbocycles. The molecule has 20 heavy (non-hydrogen) atoms. The zero-order valence-corrected chi connectivity index (χ0v) is 13.6. The lowest BCUT2D eigenvalue weighted by molar-refractivity contribution is 0.218. The first-order chi connectivity index (χ1) is 9.54. The summed E-state index contributed by atoms with van der Waals surface area (Å²) >= 11 is 3.17. The molecule has 1 aliphatic rings. The van der Waals surface area contributed by atoms with Crippen LogP contribution in [-0.4, -0.2) is 6.54 Å². The Labute approximate surface area is 128 Å². The Kier molecular flexibility index (Phi) is 5.56. The minimum absolute atomic E-state index is 0.195. The summed E-state index contributed by atoms with van der Waals surface area (Å²) in [6.07, 6.45) is 4.43. The van der Waals surface area contributed by atoms with E-state index in [1.807, 2.05) is 6.92 Å². The molecule has 0 saturated heterocycles. The summed E-state index contributed by atoms with van der Waals surface area (Å²) in [5.41, 5.74) is 0.195. The van der Waals surface area contributed by atoms with Gasteiger partial charge in [0.25, 0.3) is 0 Å². The molecule has 112 valence electrons. The van der Waals surface area contributed by atoms with E-state index in [9.17, 15) is 8.78 Å². The molecule has 0 spiro atoms. The van der Waals surface area contributed by atoms with Crippen molar-refractivity contribution in [2.24, 2.45) is 11.8 Å². The molecule has 1 fully saturated rings. The molecule has 1 saturated carbocycles. The molecule has 1 N–H and O–H groups in total. The van der Waals surface area contributed by atoms with E-state index >= 15 is 0 Å². The summed E-state index contributed by atoms with van der Waals surface area (Å²) in [6.45, 7) is 4.91. The molecule has 1 aromatic rings. The van der Waals surface area contributed by atoms with Gasteiger partial charge in [0.2, 0.25) is 0 Å². The molecule has 3 atom stereocenters. The average Bonchev–Trinajstić information content (AvgIpc) is 2.42. The van der Waals surface area contributed by atoms with Crippen LogP contribution in [0.15, 0.2) is 16.6 Å². The molecule has 4 heteroatoms. The van der Waals surface area contributed by atoms with Crippen LogP contribution in [0.5, 0.6) is 0 Å². The summed E-state index contributed by atoms with van der Waals surface area (Å²) in [7, 11) is 0. The second-order valence-electron chi connectivity index (χ2n) is 5.82. The summed E-state index contributed by atoms with van der Waals surface area (Å²) in [5, 5.41) is 3.30. The highest BCUT2D eigenvalue weighted by Crippen LogP contribution is 2.39. The van der Waals surface area contributed by atoms with E-state index in [1.165, 1.54) is 18.6 Å². The molecule has 3 unspecified atom stereocenters. The maximum absolute atomic E-state index is 14.4. The smallest absolute Gasteiger partial charge is 0.145 e. The first-order valence-corrected chi connectivity index (χ1v) is 8.20. The van der Waals surface area contributed by atoms with Crippen LogP contribution in [-0.2, 0) is 0 Å². The van der Waals surface area contributed by atoms with Crippen molar-refractivity contribution in [2.45, 2.75) is 45.6 Å². The largest absolute Gasteiger partial charge is 0.310 e. The van der Waals surface area contributed by atoms with Gasteiger partial charge in [0.1, 0.15) is 11.6 Å². The zero-order valence-electron chi connectivity index (χ0n) is 12.1. The molecular formula is C16H22BrF2N. The van der Waals surface area contributed by atoms with Crippen LogP contribution >= 0.6 is 15.9 Å². The van der Waals surface area contributed by atoms with Gasteiger partial charge in [-0.1, -0.05) is 26.7 Å². The highest BCUT2D eigenvalue weighted by molar-refractivity contribution is 9.10. The first-order valence-electron chi connectivity index (χ1n) is 7.41.